The number of aliphatic hydroxyl groups is 1. The van der Waals surface area contributed by atoms with Crippen LogP contribution in [0.5, 0.6) is 0 Å². The molecule has 0 radical (unpaired) electrons. The Morgan fingerprint density at radius 3 is 2.65 bits per heavy atom. The van der Waals surface area contributed by atoms with E-state index in [0.29, 0.717) is 18.6 Å². The molecule has 0 aliphatic heterocycles. The average molecular weight is 341 g/mol. The highest BCUT2D eigenvalue weighted by atomic mass is 79.9. The van der Waals surface area contributed by atoms with Gasteiger partial charge in [0.2, 0.25) is 0 Å². The first-order valence-corrected chi connectivity index (χ1v) is 8.29. The standard InChI is InChI=1S/C15H21BrN2O2/c16-11-9-14(18(10-11)13-5-6-13)15(20)17(7-8-19)12-3-1-2-4-12/h9-10,12-13,19H,1-8H2. The van der Waals surface area contributed by atoms with Gasteiger partial charge in [0.25, 0.3) is 5.91 Å². The number of hydrogen-bond acceptors (Lipinski definition) is 2. The zero-order chi connectivity index (χ0) is 14.1. The molecule has 0 bridgehead atoms. The van der Waals surface area contributed by atoms with E-state index in [1.807, 2.05) is 17.2 Å². The molecule has 1 N–H and O–H groups in total. The van der Waals surface area contributed by atoms with E-state index in [0.717, 1.165) is 35.8 Å². The lowest BCUT2D eigenvalue weighted by Gasteiger charge is -2.28. The summed E-state index contributed by atoms with van der Waals surface area (Å²) >= 11 is 3.48. The van der Waals surface area contributed by atoms with E-state index in [2.05, 4.69) is 20.5 Å². The summed E-state index contributed by atoms with van der Waals surface area (Å²) in [6.07, 6.45) is 8.83. The number of rotatable bonds is 5. The Morgan fingerprint density at radius 2 is 2.05 bits per heavy atom. The van der Waals surface area contributed by atoms with E-state index >= 15 is 0 Å². The summed E-state index contributed by atoms with van der Waals surface area (Å²) < 4.78 is 3.06. The molecule has 2 fully saturated rings. The molecular formula is C15H21BrN2O2. The third-order valence-corrected chi connectivity index (χ3v) is 4.78. The maximum atomic E-state index is 12.9. The molecule has 0 spiro atoms. The molecule has 0 atom stereocenters. The van der Waals surface area contributed by atoms with Crippen LogP contribution in [-0.4, -0.2) is 39.7 Å². The predicted molar refractivity (Wildman–Crippen MR) is 80.8 cm³/mol. The second-order valence-electron chi connectivity index (χ2n) is 5.84. The number of amides is 1. The molecule has 2 saturated carbocycles. The first-order chi connectivity index (χ1) is 9.70. The van der Waals surface area contributed by atoms with Crippen LogP contribution < -0.4 is 0 Å². The van der Waals surface area contributed by atoms with Gasteiger partial charge in [0.05, 0.1) is 6.61 Å². The van der Waals surface area contributed by atoms with E-state index in [1.54, 1.807) is 0 Å². The lowest BCUT2D eigenvalue weighted by atomic mass is 10.2. The zero-order valence-corrected chi connectivity index (χ0v) is 13.2. The summed E-state index contributed by atoms with van der Waals surface area (Å²) in [5.41, 5.74) is 0.764. The SMILES string of the molecule is O=C(c1cc(Br)cn1C1CC1)N(CCO)C1CCCC1. The monoisotopic (exact) mass is 340 g/mol. The van der Waals surface area contributed by atoms with Crippen molar-refractivity contribution >= 4 is 21.8 Å². The van der Waals surface area contributed by atoms with E-state index in [-0.39, 0.29) is 12.5 Å². The first-order valence-electron chi connectivity index (χ1n) is 7.50. The van der Waals surface area contributed by atoms with Crippen molar-refractivity contribution in [2.75, 3.05) is 13.2 Å². The van der Waals surface area contributed by atoms with E-state index in [9.17, 15) is 9.90 Å². The molecule has 3 rings (SSSR count). The largest absolute Gasteiger partial charge is 0.395 e. The van der Waals surface area contributed by atoms with Gasteiger partial charge in [-0.1, -0.05) is 12.8 Å². The molecule has 4 nitrogen and oxygen atoms in total. The van der Waals surface area contributed by atoms with Gasteiger partial charge in [0.15, 0.2) is 0 Å². The van der Waals surface area contributed by atoms with Crippen LogP contribution in [0.3, 0.4) is 0 Å². The van der Waals surface area contributed by atoms with Crippen LogP contribution in [0, 0.1) is 0 Å². The second kappa shape index (κ2) is 5.90. The number of hydrogen-bond donors (Lipinski definition) is 1. The van der Waals surface area contributed by atoms with Crippen molar-refractivity contribution in [3.05, 3.63) is 22.4 Å². The Morgan fingerprint density at radius 1 is 1.35 bits per heavy atom. The van der Waals surface area contributed by atoms with Crippen molar-refractivity contribution in [1.29, 1.82) is 0 Å². The zero-order valence-electron chi connectivity index (χ0n) is 11.6. The average Bonchev–Trinajstić information content (AvgIpc) is 2.99. The molecule has 2 aliphatic rings. The van der Waals surface area contributed by atoms with Crippen LogP contribution in [0.4, 0.5) is 0 Å². The van der Waals surface area contributed by atoms with Crippen molar-refractivity contribution in [3.8, 4) is 0 Å². The number of nitrogens with zero attached hydrogens (tertiary/aromatic N) is 2. The predicted octanol–water partition coefficient (Wildman–Crippen LogP) is 2.96. The number of carbonyl (C=O) groups excluding carboxylic acids is 1. The summed E-state index contributed by atoms with van der Waals surface area (Å²) in [6, 6.07) is 2.70. The van der Waals surface area contributed by atoms with Crippen LogP contribution in [0.1, 0.15) is 55.1 Å². The summed E-state index contributed by atoms with van der Waals surface area (Å²) in [5, 5.41) is 9.28. The smallest absolute Gasteiger partial charge is 0.270 e. The molecule has 2 aliphatic carbocycles. The van der Waals surface area contributed by atoms with Gasteiger partial charge in [-0.05, 0) is 47.7 Å². The van der Waals surface area contributed by atoms with E-state index in [4.69, 9.17) is 0 Å². The molecule has 110 valence electrons. The van der Waals surface area contributed by atoms with Gasteiger partial charge in [-0.2, -0.15) is 0 Å². The van der Waals surface area contributed by atoms with Crippen LogP contribution in [-0.2, 0) is 0 Å². The molecule has 0 saturated heterocycles. The van der Waals surface area contributed by atoms with Crippen molar-refractivity contribution in [2.45, 2.75) is 50.6 Å². The minimum absolute atomic E-state index is 0.0353. The molecule has 0 aromatic carbocycles. The Hall–Kier alpha value is -0.810. The van der Waals surface area contributed by atoms with Crippen molar-refractivity contribution in [1.82, 2.24) is 9.47 Å². The second-order valence-corrected chi connectivity index (χ2v) is 6.76. The Labute approximate surface area is 127 Å². The molecule has 0 unspecified atom stereocenters. The normalized spacial score (nSPS) is 19.5. The van der Waals surface area contributed by atoms with Gasteiger partial charge in [0, 0.05) is 29.3 Å². The molecular weight excluding hydrogens is 320 g/mol. The summed E-state index contributed by atoms with van der Waals surface area (Å²) in [5.74, 6) is 0.0727. The molecule has 20 heavy (non-hydrogen) atoms. The van der Waals surface area contributed by atoms with Crippen LogP contribution >= 0.6 is 15.9 Å². The highest BCUT2D eigenvalue weighted by Crippen LogP contribution is 2.38. The van der Waals surface area contributed by atoms with Crippen LogP contribution in [0.2, 0.25) is 0 Å². The number of halogens is 1. The summed E-state index contributed by atoms with van der Waals surface area (Å²) in [7, 11) is 0. The fourth-order valence-electron chi connectivity index (χ4n) is 3.19. The molecule has 1 heterocycles. The van der Waals surface area contributed by atoms with Gasteiger partial charge in [-0.3, -0.25) is 4.79 Å². The first kappa shape index (κ1) is 14.1. The van der Waals surface area contributed by atoms with Gasteiger partial charge in [0.1, 0.15) is 5.69 Å². The minimum Gasteiger partial charge on any atom is -0.395 e. The van der Waals surface area contributed by atoms with E-state index < -0.39 is 0 Å². The van der Waals surface area contributed by atoms with Crippen LogP contribution in [0.15, 0.2) is 16.7 Å². The maximum absolute atomic E-state index is 12.9. The lowest BCUT2D eigenvalue weighted by molar-refractivity contribution is 0.0627. The van der Waals surface area contributed by atoms with E-state index in [1.165, 1.54) is 12.8 Å². The van der Waals surface area contributed by atoms with Gasteiger partial charge < -0.3 is 14.6 Å². The molecule has 1 aromatic rings. The molecule has 1 amide bonds. The topological polar surface area (TPSA) is 45.5 Å². The highest BCUT2D eigenvalue weighted by Gasteiger charge is 2.32. The maximum Gasteiger partial charge on any atom is 0.270 e. The summed E-state index contributed by atoms with van der Waals surface area (Å²) in [6.45, 7) is 0.477. The minimum atomic E-state index is 0.0353. The lowest BCUT2D eigenvalue weighted by Crippen LogP contribution is -2.41. The third kappa shape index (κ3) is 2.79. The van der Waals surface area contributed by atoms with Gasteiger partial charge in [-0.15, -0.1) is 0 Å². The summed E-state index contributed by atoms with van der Waals surface area (Å²) in [4.78, 5) is 14.7. The van der Waals surface area contributed by atoms with Crippen molar-refractivity contribution in [2.24, 2.45) is 0 Å². The van der Waals surface area contributed by atoms with Gasteiger partial charge >= 0.3 is 0 Å². The van der Waals surface area contributed by atoms with Crippen molar-refractivity contribution < 1.29 is 9.90 Å². The fraction of sp³-hybridized carbons (Fsp3) is 0.667. The number of carbonyl (C=O) groups is 1. The Balaban J connectivity index is 1.84. The molecule has 5 heteroatoms. The molecule has 1 aromatic heterocycles. The quantitative estimate of drug-likeness (QED) is 0.895. The Kier molecular flexibility index (Phi) is 4.17. The Bertz CT molecular complexity index is 490. The van der Waals surface area contributed by atoms with Gasteiger partial charge in [-0.25, -0.2) is 0 Å². The number of aromatic nitrogens is 1. The fourth-order valence-corrected chi connectivity index (χ4v) is 3.63. The highest BCUT2D eigenvalue weighted by molar-refractivity contribution is 9.10. The third-order valence-electron chi connectivity index (χ3n) is 4.34. The number of aliphatic hydroxyl groups excluding tert-OH is 1. The van der Waals surface area contributed by atoms with Crippen LogP contribution in [0.25, 0.3) is 0 Å². The van der Waals surface area contributed by atoms with Crippen molar-refractivity contribution in [3.63, 3.8) is 0 Å².